The predicted octanol–water partition coefficient (Wildman–Crippen LogP) is 3.77. The number of ether oxygens (including phenoxy) is 1. The Morgan fingerprint density at radius 3 is 2.91 bits per heavy atom. The zero-order valence-electron chi connectivity index (χ0n) is 12.3. The van der Waals surface area contributed by atoms with E-state index in [1.165, 1.54) is 10.1 Å². The second-order valence-electron chi connectivity index (χ2n) is 5.06. The molecule has 1 amide bonds. The molecule has 2 aromatic carbocycles. The minimum Gasteiger partial charge on any atom is -0.497 e. The number of hydrogen-bond donors (Lipinski definition) is 1. The number of benzene rings is 2. The Morgan fingerprint density at radius 2 is 2.05 bits per heavy atom. The van der Waals surface area contributed by atoms with Gasteiger partial charge in [0, 0.05) is 11.2 Å². The van der Waals surface area contributed by atoms with E-state index in [2.05, 4.69) is 22.8 Å². The highest BCUT2D eigenvalue weighted by Crippen LogP contribution is 2.25. The summed E-state index contributed by atoms with van der Waals surface area (Å²) in [5.41, 5.74) is 2.12. The highest BCUT2D eigenvalue weighted by molar-refractivity contribution is 7.17. The van der Waals surface area contributed by atoms with Crippen LogP contribution >= 0.6 is 11.3 Å². The summed E-state index contributed by atoms with van der Waals surface area (Å²) < 4.78 is 6.40. The van der Waals surface area contributed by atoms with Crippen LogP contribution in [0.15, 0.2) is 53.9 Å². The number of fused-ring (bicyclic) bond motifs is 1. The van der Waals surface area contributed by atoms with Gasteiger partial charge in [-0.3, -0.25) is 4.79 Å². The quantitative estimate of drug-likeness (QED) is 0.779. The SMILES string of the molecule is COc1cccc(CNC(=O)Cc2csc3ccccc23)c1. The smallest absolute Gasteiger partial charge is 0.224 e. The van der Waals surface area contributed by atoms with E-state index in [9.17, 15) is 4.79 Å². The average Bonchev–Trinajstić information content (AvgIpc) is 2.96. The molecule has 1 N–H and O–H groups in total. The number of methoxy groups -OCH3 is 1. The molecular formula is C18H17NO2S. The summed E-state index contributed by atoms with van der Waals surface area (Å²) in [4.78, 5) is 12.1. The molecule has 112 valence electrons. The van der Waals surface area contributed by atoms with Crippen LogP contribution in [0.25, 0.3) is 10.1 Å². The Kier molecular flexibility index (Phi) is 4.39. The first kappa shape index (κ1) is 14.6. The van der Waals surface area contributed by atoms with Gasteiger partial charge in [0.15, 0.2) is 0 Å². The Morgan fingerprint density at radius 1 is 1.18 bits per heavy atom. The lowest BCUT2D eigenvalue weighted by atomic mass is 10.1. The minimum absolute atomic E-state index is 0.0337. The molecule has 0 saturated heterocycles. The van der Waals surface area contributed by atoms with Gasteiger partial charge in [0.25, 0.3) is 0 Å². The van der Waals surface area contributed by atoms with Crippen LogP contribution in [0, 0.1) is 0 Å². The summed E-state index contributed by atoms with van der Waals surface area (Å²) in [7, 11) is 1.64. The largest absolute Gasteiger partial charge is 0.497 e. The lowest BCUT2D eigenvalue weighted by Crippen LogP contribution is -2.24. The van der Waals surface area contributed by atoms with Crippen LogP contribution in [-0.2, 0) is 17.8 Å². The standard InChI is InChI=1S/C18H17NO2S/c1-21-15-6-4-5-13(9-15)11-19-18(20)10-14-12-22-17-8-3-2-7-16(14)17/h2-9,12H,10-11H2,1H3,(H,19,20). The first-order chi connectivity index (χ1) is 10.8. The maximum absolute atomic E-state index is 12.1. The summed E-state index contributed by atoms with van der Waals surface area (Å²) in [5, 5.41) is 6.20. The molecule has 0 aliphatic carbocycles. The molecule has 0 aliphatic heterocycles. The second-order valence-corrected chi connectivity index (χ2v) is 5.97. The molecule has 0 bridgehead atoms. The van der Waals surface area contributed by atoms with Crippen LogP contribution in [0.2, 0.25) is 0 Å². The molecule has 0 unspecified atom stereocenters. The molecule has 0 spiro atoms. The Hall–Kier alpha value is -2.33. The number of carbonyl (C=O) groups is 1. The van der Waals surface area contributed by atoms with E-state index in [1.807, 2.05) is 36.4 Å². The molecule has 0 atom stereocenters. The molecule has 3 rings (SSSR count). The Bertz CT molecular complexity index is 794. The first-order valence-corrected chi connectivity index (χ1v) is 7.99. The van der Waals surface area contributed by atoms with Gasteiger partial charge in [-0.25, -0.2) is 0 Å². The van der Waals surface area contributed by atoms with Gasteiger partial charge in [-0.15, -0.1) is 11.3 Å². The van der Waals surface area contributed by atoms with Gasteiger partial charge in [-0.05, 0) is 40.1 Å². The number of nitrogens with one attached hydrogen (secondary N) is 1. The highest BCUT2D eigenvalue weighted by atomic mass is 32.1. The summed E-state index contributed by atoms with van der Waals surface area (Å²) in [5.74, 6) is 0.835. The molecule has 22 heavy (non-hydrogen) atoms. The maximum Gasteiger partial charge on any atom is 0.224 e. The van der Waals surface area contributed by atoms with Crippen molar-refractivity contribution in [2.75, 3.05) is 7.11 Å². The number of rotatable bonds is 5. The average molecular weight is 311 g/mol. The third kappa shape index (κ3) is 3.28. The fourth-order valence-electron chi connectivity index (χ4n) is 2.39. The van der Waals surface area contributed by atoms with Crippen molar-refractivity contribution in [3.05, 3.63) is 65.0 Å². The van der Waals surface area contributed by atoms with E-state index in [-0.39, 0.29) is 5.91 Å². The molecule has 0 saturated carbocycles. The van der Waals surface area contributed by atoms with Crippen LogP contribution in [-0.4, -0.2) is 13.0 Å². The van der Waals surface area contributed by atoms with Crippen molar-refractivity contribution in [2.24, 2.45) is 0 Å². The van der Waals surface area contributed by atoms with Gasteiger partial charge in [-0.1, -0.05) is 30.3 Å². The van der Waals surface area contributed by atoms with Crippen molar-refractivity contribution in [3.8, 4) is 5.75 Å². The zero-order chi connectivity index (χ0) is 15.4. The molecule has 3 nitrogen and oxygen atoms in total. The number of amides is 1. The fourth-order valence-corrected chi connectivity index (χ4v) is 3.35. The molecule has 0 radical (unpaired) electrons. The normalized spacial score (nSPS) is 10.6. The van der Waals surface area contributed by atoms with Crippen LogP contribution in [0.1, 0.15) is 11.1 Å². The van der Waals surface area contributed by atoms with E-state index in [1.54, 1.807) is 18.4 Å². The van der Waals surface area contributed by atoms with Gasteiger partial charge >= 0.3 is 0 Å². The van der Waals surface area contributed by atoms with Crippen LogP contribution < -0.4 is 10.1 Å². The Balaban J connectivity index is 1.63. The van der Waals surface area contributed by atoms with Gasteiger partial charge in [0.1, 0.15) is 5.75 Å². The third-order valence-electron chi connectivity index (χ3n) is 3.54. The van der Waals surface area contributed by atoms with Crippen molar-refractivity contribution in [1.29, 1.82) is 0 Å². The molecule has 4 heteroatoms. The van der Waals surface area contributed by atoms with Gasteiger partial charge in [0.2, 0.25) is 5.91 Å². The molecule has 0 fully saturated rings. The molecule has 1 aromatic heterocycles. The fraction of sp³-hybridized carbons (Fsp3) is 0.167. The monoisotopic (exact) mass is 311 g/mol. The van der Waals surface area contributed by atoms with Crippen molar-refractivity contribution < 1.29 is 9.53 Å². The van der Waals surface area contributed by atoms with Gasteiger partial charge in [0.05, 0.1) is 13.5 Å². The van der Waals surface area contributed by atoms with Crippen molar-refractivity contribution in [1.82, 2.24) is 5.32 Å². The van der Waals surface area contributed by atoms with Gasteiger partial charge in [-0.2, -0.15) is 0 Å². The Labute approximate surface area is 133 Å². The van der Waals surface area contributed by atoms with E-state index in [4.69, 9.17) is 4.74 Å². The molecule has 0 aliphatic rings. The van der Waals surface area contributed by atoms with E-state index >= 15 is 0 Å². The van der Waals surface area contributed by atoms with Crippen LogP contribution in [0.4, 0.5) is 0 Å². The summed E-state index contributed by atoms with van der Waals surface area (Å²) in [6.45, 7) is 0.512. The second kappa shape index (κ2) is 6.62. The lowest BCUT2D eigenvalue weighted by Gasteiger charge is -2.07. The zero-order valence-corrected chi connectivity index (χ0v) is 13.2. The van der Waals surface area contributed by atoms with Crippen LogP contribution in [0.5, 0.6) is 5.75 Å². The topological polar surface area (TPSA) is 38.3 Å². The lowest BCUT2D eigenvalue weighted by molar-refractivity contribution is -0.120. The van der Waals surface area contributed by atoms with Crippen molar-refractivity contribution in [3.63, 3.8) is 0 Å². The number of hydrogen-bond acceptors (Lipinski definition) is 3. The number of thiophene rings is 1. The van der Waals surface area contributed by atoms with Crippen molar-refractivity contribution in [2.45, 2.75) is 13.0 Å². The predicted molar refractivity (Wildman–Crippen MR) is 90.4 cm³/mol. The summed E-state index contributed by atoms with van der Waals surface area (Å²) >= 11 is 1.68. The van der Waals surface area contributed by atoms with E-state index < -0.39 is 0 Å². The minimum atomic E-state index is 0.0337. The molecular weight excluding hydrogens is 294 g/mol. The van der Waals surface area contributed by atoms with Gasteiger partial charge < -0.3 is 10.1 Å². The maximum atomic E-state index is 12.1. The van der Waals surface area contributed by atoms with Crippen LogP contribution in [0.3, 0.4) is 0 Å². The van der Waals surface area contributed by atoms with E-state index in [0.29, 0.717) is 13.0 Å². The summed E-state index contributed by atoms with van der Waals surface area (Å²) in [6, 6.07) is 15.9. The first-order valence-electron chi connectivity index (χ1n) is 7.11. The molecule has 3 aromatic rings. The summed E-state index contributed by atoms with van der Waals surface area (Å²) in [6.07, 6.45) is 0.411. The van der Waals surface area contributed by atoms with Crippen molar-refractivity contribution >= 4 is 27.3 Å². The highest BCUT2D eigenvalue weighted by Gasteiger charge is 2.08. The third-order valence-corrected chi connectivity index (χ3v) is 4.55. The molecule has 1 heterocycles. The van der Waals surface area contributed by atoms with E-state index in [0.717, 1.165) is 16.9 Å². The number of carbonyl (C=O) groups excluding carboxylic acids is 1.